The fourth-order valence-electron chi connectivity index (χ4n) is 4.31. The van der Waals surface area contributed by atoms with Crippen molar-refractivity contribution in [3.63, 3.8) is 0 Å². The van der Waals surface area contributed by atoms with Crippen LogP contribution in [0.15, 0.2) is 29.3 Å². The second kappa shape index (κ2) is 9.26. The van der Waals surface area contributed by atoms with Crippen molar-refractivity contribution in [2.24, 2.45) is 4.99 Å². The molecule has 1 aliphatic carbocycles. The Labute approximate surface area is 172 Å². The van der Waals surface area contributed by atoms with Gasteiger partial charge in [0.15, 0.2) is 11.8 Å². The molecule has 1 aromatic carbocycles. The van der Waals surface area contributed by atoms with Gasteiger partial charge in [-0.15, -0.1) is 0 Å². The van der Waals surface area contributed by atoms with Gasteiger partial charge in [-0.3, -0.25) is 15.0 Å². The average Bonchev–Trinajstić information content (AvgIpc) is 3.52. The summed E-state index contributed by atoms with van der Waals surface area (Å²) in [6, 6.07) is 8.97. The highest BCUT2D eigenvalue weighted by molar-refractivity contribution is 5.79. The standard InChI is InChI=1S/C21H31N7O/c1-22-21(24-16-11-12-28(14-16)17-5-3-4-6-17)23-13-19-25-20(27-26-19)15-7-9-18(29-2)10-8-15/h7-10,16-17H,3-6,11-14H2,1-2H3,(H2,22,23,24)(H,25,26,27). The third-order valence-corrected chi connectivity index (χ3v) is 5.93. The highest BCUT2D eigenvalue weighted by Gasteiger charge is 2.30. The van der Waals surface area contributed by atoms with Crippen molar-refractivity contribution in [2.75, 3.05) is 27.2 Å². The summed E-state index contributed by atoms with van der Waals surface area (Å²) >= 11 is 0. The first-order valence-corrected chi connectivity index (χ1v) is 10.5. The first-order chi connectivity index (χ1) is 14.2. The van der Waals surface area contributed by atoms with Crippen molar-refractivity contribution in [3.8, 4) is 17.1 Å². The number of nitrogens with one attached hydrogen (secondary N) is 3. The number of ether oxygens (including phenoxy) is 1. The normalized spacial score (nSPS) is 20.9. The molecule has 3 N–H and O–H groups in total. The van der Waals surface area contributed by atoms with Gasteiger partial charge < -0.3 is 15.4 Å². The Hall–Kier alpha value is -2.61. The van der Waals surface area contributed by atoms with E-state index in [1.807, 2.05) is 31.3 Å². The molecule has 0 amide bonds. The topological polar surface area (TPSA) is 90.5 Å². The molecule has 2 fully saturated rings. The summed E-state index contributed by atoms with van der Waals surface area (Å²) in [5, 5.41) is 14.2. The van der Waals surface area contributed by atoms with E-state index in [9.17, 15) is 0 Å². The molecule has 0 spiro atoms. The molecule has 1 unspecified atom stereocenters. The molecule has 156 valence electrons. The molecular formula is C21H31N7O. The fourth-order valence-corrected chi connectivity index (χ4v) is 4.31. The van der Waals surface area contributed by atoms with Crippen LogP contribution in [0.5, 0.6) is 5.75 Å². The van der Waals surface area contributed by atoms with Crippen LogP contribution in [0.3, 0.4) is 0 Å². The Kier molecular flexibility index (Phi) is 6.29. The number of hydrogen-bond donors (Lipinski definition) is 3. The van der Waals surface area contributed by atoms with E-state index < -0.39 is 0 Å². The summed E-state index contributed by atoms with van der Waals surface area (Å²) in [6.45, 7) is 2.84. The lowest BCUT2D eigenvalue weighted by molar-refractivity contribution is 0.242. The van der Waals surface area contributed by atoms with Gasteiger partial charge in [-0.2, -0.15) is 5.10 Å². The predicted octanol–water partition coefficient (Wildman–Crippen LogP) is 2.16. The van der Waals surface area contributed by atoms with Crippen LogP contribution in [0.25, 0.3) is 11.4 Å². The number of aromatic amines is 1. The molecular weight excluding hydrogens is 366 g/mol. The zero-order chi connectivity index (χ0) is 20.1. The molecule has 2 aromatic rings. The number of hydrogen-bond acceptors (Lipinski definition) is 5. The molecule has 1 aromatic heterocycles. The van der Waals surface area contributed by atoms with Gasteiger partial charge in [0, 0.05) is 37.8 Å². The Morgan fingerprint density at radius 3 is 2.76 bits per heavy atom. The number of likely N-dealkylation sites (tertiary alicyclic amines) is 1. The summed E-state index contributed by atoms with van der Waals surface area (Å²) in [4.78, 5) is 11.6. The lowest BCUT2D eigenvalue weighted by Crippen LogP contribution is -2.45. The molecule has 1 atom stereocenters. The third kappa shape index (κ3) is 4.87. The smallest absolute Gasteiger partial charge is 0.191 e. The van der Waals surface area contributed by atoms with Crippen molar-refractivity contribution in [3.05, 3.63) is 30.1 Å². The van der Waals surface area contributed by atoms with Crippen molar-refractivity contribution in [2.45, 2.75) is 50.7 Å². The van der Waals surface area contributed by atoms with Crippen LogP contribution in [0, 0.1) is 0 Å². The van der Waals surface area contributed by atoms with Gasteiger partial charge in [0.1, 0.15) is 11.6 Å². The van der Waals surface area contributed by atoms with Crippen LogP contribution in [-0.4, -0.2) is 65.4 Å². The Morgan fingerprint density at radius 1 is 1.24 bits per heavy atom. The van der Waals surface area contributed by atoms with E-state index in [4.69, 9.17) is 4.74 Å². The van der Waals surface area contributed by atoms with Gasteiger partial charge in [0.25, 0.3) is 0 Å². The summed E-state index contributed by atoms with van der Waals surface area (Å²) in [5.74, 6) is 3.08. The molecule has 2 heterocycles. The number of rotatable bonds is 6. The van der Waals surface area contributed by atoms with E-state index >= 15 is 0 Å². The van der Waals surface area contributed by atoms with E-state index in [-0.39, 0.29) is 0 Å². The van der Waals surface area contributed by atoms with Gasteiger partial charge in [0.05, 0.1) is 13.7 Å². The van der Waals surface area contributed by atoms with Gasteiger partial charge in [-0.1, -0.05) is 12.8 Å². The zero-order valence-corrected chi connectivity index (χ0v) is 17.3. The number of benzene rings is 1. The summed E-state index contributed by atoms with van der Waals surface area (Å²) in [5.41, 5.74) is 0.953. The molecule has 2 aliphatic rings. The first kappa shape index (κ1) is 19.7. The van der Waals surface area contributed by atoms with Crippen molar-refractivity contribution in [1.82, 2.24) is 30.7 Å². The first-order valence-electron chi connectivity index (χ1n) is 10.5. The number of nitrogens with zero attached hydrogens (tertiary/aromatic N) is 4. The van der Waals surface area contributed by atoms with Gasteiger partial charge >= 0.3 is 0 Å². The minimum Gasteiger partial charge on any atom is -0.497 e. The summed E-state index contributed by atoms with van der Waals surface area (Å²) in [7, 11) is 3.46. The largest absolute Gasteiger partial charge is 0.497 e. The van der Waals surface area contributed by atoms with Crippen LogP contribution >= 0.6 is 0 Å². The van der Waals surface area contributed by atoms with Crippen LogP contribution in [0.2, 0.25) is 0 Å². The maximum Gasteiger partial charge on any atom is 0.191 e. The van der Waals surface area contributed by atoms with E-state index in [1.165, 1.54) is 38.6 Å². The Morgan fingerprint density at radius 2 is 2.03 bits per heavy atom. The van der Waals surface area contributed by atoms with Crippen LogP contribution in [0.4, 0.5) is 0 Å². The van der Waals surface area contributed by atoms with Crippen LogP contribution < -0.4 is 15.4 Å². The maximum absolute atomic E-state index is 5.20. The molecule has 1 saturated heterocycles. The molecule has 1 aliphatic heterocycles. The summed E-state index contributed by atoms with van der Waals surface area (Å²) < 4.78 is 5.20. The van der Waals surface area contributed by atoms with Crippen molar-refractivity contribution < 1.29 is 4.74 Å². The monoisotopic (exact) mass is 397 g/mol. The number of aliphatic imine (C=N–C) groups is 1. The highest BCUT2D eigenvalue weighted by Crippen LogP contribution is 2.26. The van der Waals surface area contributed by atoms with Gasteiger partial charge in [-0.05, 0) is 43.5 Å². The van der Waals surface area contributed by atoms with Crippen LogP contribution in [0.1, 0.15) is 37.9 Å². The minimum atomic E-state index is 0.450. The number of guanidine groups is 1. The number of aromatic nitrogens is 3. The van der Waals surface area contributed by atoms with Crippen molar-refractivity contribution >= 4 is 5.96 Å². The second-order valence-electron chi connectivity index (χ2n) is 7.82. The molecule has 8 heteroatoms. The summed E-state index contributed by atoms with van der Waals surface area (Å²) in [6.07, 6.45) is 6.67. The minimum absolute atomic E-state index is 0.450. The quantitative estimate of drug-likeness (QED) is 0.511. The van der Waals surface area contributed by atoms with E-state index in [0.717, 1.165) is 35.7 Å². The fraction of sp³-hybridized carbons (Fsp3) is 0.571. The van der Waals surface area contributed by atoms with Gasteiger partial charge in [-0.25, -0.2) is 4.98 Å². The molecule has 4 rings (SSSR count). The maximum atomic E-state index is 5.20. The molecule has 0 radical (unpaired) electrons. The van der Waals surface area contributed by atoms with E-state index in [1.54, 1.807) is 7.11 Å². The van der Waals surface area contributed by atoms with E-state index in [2.05, 4.69) is 35.7 Å². The van der Waals surface area contributed by atoms with Crippen LogP contribution in [-0.2, 0) is 6.54 Å². The third-order valence-electron chi connectivity index (χ3n) is 5.93. The van der Waals surface area contributed by atoms with Crippen molar-refractivity contribution in [1.29, 1.82) is 0 Å². The second-order valence-corrected chi connectivity index (χ2v) is 7.82. The molecule has 0 bridgehead atoms. The SMILES string of the molecule is CN=C(NCc1nc(-c2ccc(OC)cc2)n[nH]1)NC1CCN(C2CCCC2)C1. The average molecular weight is 398 g/mol. The number of methoxy groups -OCH3 is 1. The molecule has 8 nitrogen and oxygen atoms in total. The molecule has 29 heavy (non-hydrogen) atoms. The molecule has 1 saturated carbocycles. The van der Waals surface area contributed by atoms with Gasteiger partial charge in [0.2, 0.25) is 0 Å². The highest BCUT2D eigenvalue weighted by atomic mass is 16.5. The zero-order valence-electron chi connectivity index (χ0n) is 17.3. The van der Waals surface area contributed by atoms with E-state index in [0.29, 0.717) is 18.4 Å². The predicted molar refractivity (Wildman–Crippen MR) is 114 cm³/mol. The lowest BCUT2D eigenvalue weighted by Gasteiger charge is -2.24. The Bertz CT molecular complexity index is 811. The number of H-pyrrole nitrogens is 1. The lowest BCUT2D eigenvalue weighted by atomic mass is 10.2. The Balaban J connectivity index is 1.27.